The number of aliphatic hydroxyl groups excluding tert-OH is 1. The molecular weight excluding hydrogens is 192 g/mol. The molecule has 0 saturated carbocycles. The van der Waals surface area contributed by atoms with E-state index in [0.717, 1.165) is 22.4 Å². The lowest BCUT2D eigenvalue weighted by molar-refractivity contribution is 0.174. The monoisotopic (exact) mass is 210 g/mol. The third-order valence-electron chi connectivity index (χ3n) is 2.45. The average Bonchev–Trinajstić information content (AvgIpc) is 2.21. The predicted molar refractivity (Wildman–Crippen MR) is 59.6 cm³/mol. The molecule has 0 aromatic heterocycles. The van der Waals surface area contributed by atoms with Crippen molar-refractivity contribution >= 4 is 0 Å². The fourth-order valence-corrected chi connectivity index (χ4v) is 1.61. The Hall–Kier alpha value is -1.10. The summed E-state index contributed by atoms with van der Waals surface area (Å²) in [6.45, 7) is 4.23. The van der Waals surface area contributed by atoms with E-state index < -0.39 is 6.10 Å². The molecule has 0 aliphatic rings. The fourth-order valence-electron chi connectivity index (χ4n) is 1.61. The van der Waals surface area contributed by atoms with Crippen LogP contribution in [0.3, 0.4) is 0 Å². The molecule has 0 saturated heterocycles. The molecule has 1 aromatic carbocycles. The molecule has 4 N–H and O–H groups in total. The quantitative estimate of drug-likeness (QED) is 0.508. The van der Waals surface area contributed by atoms with E-state index in [4.69, 9.17) is 10.6 Å². The Morgan fingerprint density at radius 3 is 2.60 bits per heavy atom. The maximum absolute atomic E-state index is 9.81. The maximum atomic E-state index is 9.81. The normalized spacial score (nSPS) is 12.6. The zero-order valence-corrected chi connectivity index (χ0v) is 9.37. The van der Waals surface area contributed by atoms with Gasteiger partial charge in [-0.05, 0) is 42.7 Å². The Bertz CT molecular complexity index is 340. The molecule has 15 heavy (non-hydrogen) atoms. The van der Waals surface area contributed by atoms with Gasteiger partial charge in [-0.3, -0.25) is 11.3 Å². The zero-order valence-electron chi connectivity index (χ0n) is 9.37. The van der Waals surface area contributed by atoms with Crippen LogP contribution >= 0.6 is 0 Å². The lowest BCUT2D eigenvalue weighted by Gasteiger charge is -2.15. The van der Waals surface area contributed by atoms with Crippen molar-refractivity contribution < 1.29 is 9.84 Å². The summed E-state index contributed by atoms with van der Waals surface area (Å²) in [5.74, 6) is 6.01. The maximum Gasteiger partial charge on any atom is 0.122 e. The van der Waals surface area contributed by atoms with Crippen LogP contribution in [0.1, 0.15) is 22.8 Å². The number of rotatable bonds is 4. The van der Waals surface area contributed by atoms with Crippen molar-refractivity contribution in [1.82, 2.24) is 5.43 Å². The van der Waals surface area contributed by atoms with Crippen molar-refractivity contribution in [1.29, 1.82) is 0 Å². The second-order valence-corrected chi connectivity index (χ2v) is 3.60. The summed E-state index contributed by atoms with van der Waals surface area (Å²) >= 11 is 0. The lowest BCUT2D eigenvalue weighted by Crippen LogP contribution is -2.28. The Morgan fingerprint density at radius 2 is 2.07 bits per heavy atom. The van der Waals surface area contributed by atoms with E-state index in [-0.39, 0.29) is 0 Å². The molecule has 0 aliphatic heterocycles. The molecule has 4 heteroatoms. The largest absolute Gasteiger partial charge is 0.496 e. The van der Waals surface area contributed by atoms with Crippen molar-refractivity contribution in [2.75, 3.05) is 13.7 Å². The number of aryl methyl sites for hydroxylation is 2. The van der Waals surface area contributed by atoms with Crippen molar-refractivity contribution in [3.8, 4) is 5.75 Å². The highest BCUT2D eigenvalue weighted by molar-refractivity contribution is 5.42. The smallest absolute Gasteiger partial charge is 0.122 e. The van der Waals surface area contributed by atoms with Gasteiger partial charge < -0.3 is 9.84 Å². The number of hydrazine groups is 1. The number of hydrogen-bond acceptors (Lipinski definition) is 4. The van der Waals surface area contributed by atoms with Crippen LogP contribution in [0.4, 0.5) is 0 Å². The van der Waals surface area contributed by atoms with Crippen molar-refractivity contribution in [2.45, 2.75) is 20.0 Å². The SMILES string of the molecule is COc1cc(C)c(C(O)CNN)cc1C. The summed E-state index contributed by atoms with van der Waals surface area (Å²) in [6.07, 6.45) is -0.584. The van der Waals surface area contributed by atoms with Crippen LogP contribution < -0.4 is 16.0 Å². The fraction of sp³-hybridized carbons (Fsp3) is 0.455. The first-order chi connectivity index (χ1) is 7.10. The van der Waals surface area contributed by atoms with Gasteiger partial charge in [-0.2, -0.15) is 0 Å². The lowest BCUT2D eigenvalue weighted by atomic mass is 10.00. The highest BCUT2D eigenvalue weighted by Crippen LogP contribution is 2.26. The van der Waals surface area contributed by atoms with Gasteiger partial charge in [0, 0.05) is 6.54 Å². The van der Waals surface area contributed by atoms with Gasteiger partial charge in [-0.15, -0.1) is 0 Å². The van der Waals surface area contributed by atoms with Crippen molar-refractivity contribution in [3.63, 3.8) is 0 Å². The minimum atomic E-state index is -0.584. The van der Waals surface area contributed by atoms with Gasteiger partial charge in [-0.1, -0.05) is 0 Å². The summed E-state index contributed by atoms with van der Waals surface area (Å²) < 4.78 is 5.20. The van der Waals surface area contributed by atoms with E-state index in [9.17, 15) is 5.11 Å². The summed E-state index contributed by atoms with van der Waals surface area (Å²) in [7, 11) is 1.64. The number of aliphatic hydroxyl groups is 1. The molecule has 84 valence electrons. The average molecular weight is 210 g/mol. The number of methoxy groups -OCH3 is 1. The van der Waals surface area contributed by atoms with Crippen LogP contribution in [0.5, 0.6) is 5.75 Å². The molecule has 1 aromatic rings. The van der Waals surface area contributed by atoms with E-state index in [2.05, 4.69) is 5.43 Å². The summed E-state index contributed by atoms with van der Waals surface area (Å²) in [5.41, 5.74) is 5.35. The summed E-state index contributed by atoms with van der Waals surface area (Å²) in [4.78, 5) is 0. The Labute approximate surface area is 90.0 Å². The third-order valence-corrected chi connectivity index (χ3v) is 2.45. The van der Waals surface area contributed by atoms with Crippen LogP contribution in [0.15, 0.2) is 12.1 Å². The molecule has 0 amide bonds. The first-order valence-electron chi connectivity index (χ1n) is 4.86. The number of hydrogen-bond donors (Lipinski definition) is 3. The van der Waals surface area contributed by atoms with Crippen molar-refractivity contribution in [3.05, 3.63) is 28.8 Å². The van der Waals surface area contributed by atoms with Crippen LogP contribution in [-0.2, 0) is 0 Å². The van der Waals surface area contributed by atoms with Gasteiger partial charge in [0.05, 0.1) is 13.2 Å². The Kier molecular flexibility index (Phi) is 4.08. The highest BCUT2D eigenvalue weighted by Gasteiger charge is 2.12. The molecule has 0 spiro atoms. The van der Waals surface area contributed by atoms with Gasteiger partial charge in [0.15, 0.2) is 0 Å². The van der Waals surface area contributed by atoms with Gasteiger partial charge in [0.2, 0.25) is 0 Å². The molecular formula is C11H18N2O2. The molecule has 0 aliphatic carbocycles. The standard InChI is InChI=1S/C11H18N2O2/c1-7-5-11(15-3)8(2)4-9(7)10(14)6-13-12/h4-5,10,13-14H,6,12H2,1-3H3. The third kappa shape index (κ3) is 2.68. The minimum Gasteiger partial charge on any atom is -0.496 e. The molecule has 0 radical (unpaired) electrons. The van der Waals surface area contributed by atoms with Gasteiger partial charge in [0.1, 0.15) is 5.75 Å². The van der Waals surface area contributed by atoms with Gasteiger partial charge >= 0.3 is 0 Å². The summed E-state index contributed by atoms with van der Waals surface area (Å²) in [6, 6.07) is 3.85. The molecule has 0 heterocycles. The van der Waals surface area contributed by atoms with Crippen LogP contribution in [-0.4, -0.2) is 18.8 Å². The highest BCUT2D eigenvalue weighted by atomic mass is 16.5. The zero-order chi connectivity index (χ0) is 11.4. The van der Waals surface area contributed by atoms with E-state index in [1.807, 2.05) is 26.0 Å². The van der Waals surface area contributed by atoms with Crippen molar-refractivity contribution in [2.24, 2.45) is 5.84 Å². The van der Waals surface area contributed by atoms with E-state index in [0.29, 0.717) is 6.54 Å². The molecule has 1 atom stereocenters. The van der Waals surface area contributed by atoms with Crippen LogP contribution in [0, 0.1) is 13.8 Å². The molecule has 0 bridgehead atoms. The number of nitrogens with one attached hydrogen (secondary N) is 1. The Balaban J connectivity index is 3.04. The molecule has 0 fully saturated rings. The predicted octanol–water partition coefficient (Wildman–Crippen LogP) is 0.809. The van der Waals surface area contributed by atoms with Gasteiger partial charge in [-0.25, -0.2) is 0 Å². The second-order valence-electron chi connectivity index (χ2n) is 3.60. The van der Waals surface area contributed by atoms with E-state index in [1.165, 1.54) is 0 Å². The minimum absolute atomic E-state index is 0.340. The van der Waals surface area contributed by atoms with E-state index >= 15 is 0 Å². The topological polar surface area (TPSA) is 67.5 Å². The molecule has 1 unspecified atom stereocenters. The molecule has 1 rings (SSSR count). The number of benzene rings is 1. The number of nitrogens with two attached hydrogens (primary N) is 1. The van der Waals surface area contributed by atoms with Crippen LogP contribution in [0.25, 0.3) is 0 Å². The first kappa shape index (κ1) is 12.0. The van der Waals surface area contributed by atoms with E-state index in [1.54, 1.807) is 7.11 Å². The van der Waals surface area contributed by atoms with Crippen LogP contribution in [0.2, 0.25) is 0 Å². The first-order valence-corrected chi connectivity index (χ1v) is 4.86. The summed E-state index contributed by atoms with van der Waals surface area (Å²) in [5, 5.41) is 9.81. The van der Waals surface area contributed by atoms with Gasteiger partial charge in [0.25, 0.3) is 0 Å². The second kappa shape index (κ2) is 5.11. The molecule has 4 nitrogen and oxygen atoms in total. The Morgan fingerprint density at radius 1 is 1.40 bits per heavy atom. The number of ether oxygens (including phenoxy) is 1.